The number of para-hydroxylation sites is 1. The molecule has 0 bridgehead atoms. The second kappa shape index (κ2) is 6.83. The number of hydrogen-bond donors (Lipinski definition) is 2. The molecule has 1 aromatic heterocycles. The molecule has 0 aliphatic rings. The van der Waals surface area contributed by atoms with Crippen molar-refractivity contribution in [3.63, 3.8) is 0 Å². The SMILES string of the molecule is CN(CCNC(=O)OC(C)(C)C)Cc1c[nH]c2ccccc12. The van der Waals surface area contributed by atoms with Gasteiger partial charge in [-0.2, -0.15) is 0 Å². The summed E-state index contributed by atoms with van der Waals surface area (Å²) >= 11 is 0. The second-order valence-electron chi connectivity index (χ2n) is 6.53. The molecular weight excluding hydrogens is 278 g/mol. The van der Waals surface area contributed by atoms with Crippen LogP contribution in [0.15, 0.2) is 30.5 Å². The Labute approximate surface area is 131 Å². The number of H-pyrrole nitrogens is 1. The number of rotatable bonds is 5. The Bertz CT molecular complexity index is 628. The average Bonchev–Trinajstić information content (AvgIpc) is 2.80. The number of fused-ring (bicyclic) bond motifs is 1. The molecule has 0 fully saturated rings. The van der Waals surface area contributed by atoms with E-state index in [1.54, 1.807) is 0 Å². The van der Waals surface area contributed by atoms with Gasteiger partial charge in [-0.15, -0.1) is 0 Å². The maximum absolute atomic E-state index is 11.6. The first-order valence-electron chi connectivity index (χ1n) is 7.55. The van der Waals surface area contributed by atoms with Gasteiger partial charge in [0.25, 0.3) is 0 Å². The molecule has 0 aliphatic carbocycles. The summed E-state index contributed by atoms with van der Waals surface area (Å²) in [5, 5.41) is 4.02. The van der Waals surface area contributed by atoms with Gasteiger partial charge in [-0.3, -0.25) is 0 Å². The molecule has 5 heteroatoms. The molecule has 120 valence electrons. The molecule has 0 saturated carbocycles. The highest BCUT2D eigenvalue weighted by Gasteiger charge is 2.15. The Morgan fingerprint density at radius 3 is 2.77 bits per heavy atom. The van der Waals surface area contributed by atoms with Gasteiger partial charge in [-0.25, -0.2) is 4.79 Å². The van der Waals surface area contributed by atoms with Gasteiger partial charge in [0.05, 0.1) is 0 Å². The van der Waals surface area contributed by atoms with Crippen molar-refractivity contribution in [1.29, 1.82) is 0 Å². The summed E-state index contributed by atoms with van der Waals surface area (Å²) < 4.78 is 5.21. The van der Waals surface area contributed by atoms with E-state index in [0.717, 1.165) is 18.6 Å². The molecular formula is C17H25N3O2. The predicted molar refractivity (Wildman–Crippen MR) is 88.9 cm³/mol. The first-order chi connectivity index (χ1) is 10.3. The number of alkyl carbamates (subject to hydrolysis) is 1. The number of ether oxygens (including phenoxy) is 1. The summed E-state index contributed by atoms with van der Waals surface area (Å²) in [6.07, 6.45) is 1.68. The third kappa shape index (κ3) is 4.77. The van der Waals surface area contributed by atoms with Gasteiger partial charge in [0.15, 0.2) is 0 Å². The van der Waals surface area contributed by atoms with E-state index < -0.39 is 5.60 Å². The fraction of sp³-hybridized carbons (Fsp3) is 0.471. The third-order valence-corrected chi connectivity index (χ3v) is 3.28. The van der Waals surface area contributed by atoms with Crippen LogP contribution in [0.4, 0.5) is 4.79 Å². The minimum absolute atomic E-state index is 0.368. The van der Waals surface area contributed by atoms with Crippen LogP contribution in [0.25, 0.3) is 10.9 Å². The van der Waals surface area contributed by atoms with Gasteiger partial charge in [0.1, 0.15) is 5.60 Å². The summed E-state index contributed by atoms with van der Waals surface area (Å²) in [5.41, 5.74) is 1.95. The van der Waals surface area contributed by atoms with E-state index in [-0.39, 0.29) is 6.09 Å². The van der Waals surface area contributed by atoms with Crippen molar-refractivity contribution in [2.24, 2.45) is 0 Å². The van der Waals surface area contributed by atoms with Crippen molar-refractivity contribution in [2.75, 3.05) is 20.1 Å². The number of carbonyl (C=O) groups is 1. The van der Waals surface area contributed by atoms with E-state index in [9.17, 15) is 4.79 Å². The number of nitrogens with zero attached hydrogens (tertiary/aromatic N) is 1. The van der Waals surface area contributed by atoms with Crippen molar-refractivity contribution >= 4 is 17.0 Å². The van der Waals surface area contributed by atoms with Crippen molar-refractivity contribution < 1.29 is 9.53 Å². The molecule has 5 nitrogen and oxygen atoms in total. The van der Waals surface area contributed by atoms with Gasteiger partial charge in [-0.05, 0) is 39.4 Å². The van der Waals surface area contributed by atoms with Crippen LogP contribution in [-0.4, -0.2) is 41.7 Å². The van der Waals surface area contributed by atoms with Crippen LogP contribution in [0.1, 0.15) is 26.3 Å². The topological polar surface area (TPSA) is 57.4 Å². The minimum atomic E-state index is -0.458. The van der Waals surface area contributed by atoms with Crippen LogP contribution < -0.4 is 5.32 Å². The fourth-order valence-corrected chi connectivity index (χ4v) is 2.30. The zero-order chi connectivity index (χ0) is 16.2. The summed E-state index contributed by atoms with van der Waals surface area (Å²) in [6.45, 7) is 7.73. The highest BCUT2D eigenvalue weighted by Crippen LogP contribution is 2.18. The molecule has 1 aromatic carbocycles. The number of nitrogens with one attached hydrogen (secondary N) is 2. The lowest BCUT2D eigenvalue weighted by molar-refractivity contribution is 0.0523. The lowest BCUT2D eigenvalue weighted by Gasteiger charge is -2.21. The zero-order valence-electron chi connectivity index (χ0n) is 13.8. The minimum Gasteiger partial charge on any atom is -0.444 e. The lowest BCUT2D eigenvalue weighted by atomic mass is 10.1. The van der Waals surface area contributed by atoms with Gasteiger partial charge in [0, 0.05) is 36.7 Å². The first kappa shape index (κ1) is 16.4. The molecule has 2 rings (SSSR count). The van der Waals surface area contributed by atoms with Gasteiger partial charge < -0.3 is 19.9 Å². The predicted octanol–water partition coefficient (Wildman–Crippen LogP) is 3.12. The zero-order valence-corrected chi connectivity index (χ0v) is 13.8. The van der Waals surface area contributed by atoms with Crippen LogP contribution in [0.5, 0.6) is 0 Å². The van der Waals surface area contributed by atoms with Crippen LogP contribution in [0, 0.1) is 0 Å². The quantitative estimate of drug-likeness (QED) is 0.892. The Morgan fingerprint density at radius 2 is 2.05 bits per heavy atom. The van der Waals surface area contributed by atoms with E-state index in [4.69, 9.17) is 4.74 Å². The Balaban J connectivity index is 1.79. The molecule has 1 amide bonds. The standard InChI is InChI=1S/C17H25N3O2/c1-17(2,3)22-16(21)18-9-10-20(4)12-13-11-19-15-8-6-5-7-14(13)15/h5-8,11,19H,9-10,12H2,1-4H3,(H,18,21). The monoisotopic (exact) mass is 303 g/mol. The molecule has 0 spiro atoms. The Kier molecular flexibility index (Phi) is 5.08. The van der Waals surface area contributed by atoms with Crippen LogP contribution in [-0.2, 0) is 11.3 Å². The van der Waals surface area contributed by atoms with Gasteiger partial charge in [-0.1, -0.05) is 18.2 Å². The maximum atomic E-state index is 11.6. The van der Waals surface area contributed by atoms with Crippen molar-refractivity contribution in [3.8, 4) is 0 Å². The maximum Gasteiger partial charge on any atom is 0.407 e. The molecule has 0 atom stereocenters. The normalized spacial score (nSPS) is 11.9. The number of aromatic amines is 1. The summed E-state index contributed by atoms with van der Waals surface area (Å²) in [4.78, 5) is 17.0. The molecule has 1 heterocycles. The number of hydrogen-bond acceptors (Lipinski definition) is 3. The Hall–Kier alpha value is -2.01. The number of amides is 1. The van der Waals surface area contributed by atoms with Gasteiger partial charge in [0.2, 0.25) is 0 Å². The van der Waals surface area contributed by atoms with E-state index in [1.165, 1.54) is 10.9 Å². The molecule has 22 heavy (non-hydrogen) atoms. The Morgan fingerprint density at radius 1 is 1.32 bits per heavy atom. The molecule has 0 unspecified atom stereocenters. The number of carbonyl (C=O) groups excluding carboxylic acids is 1. The smallest absolute Gasteiger partial charge is 0.407 e. The summed E-state index contributed by atoms with van der Waals surface area (Å²) in [5.74, 6) is 0. The van der Waals surface area contributed by atoms with E-state index in [2.05, 4.69) is 27.3 Å². The largest absolute Gasteiger partial charge is 0.444 e. The van der Waals surface area contributed by atoms with Gasteiger partial charge >= 0.3 is 6.09 Å². The van der Waals surface area contributed by atoms with Crippen molar-refractivity contribution in [2.45, 2.75) is 32.9 Å². The molecule has 0 aliphatic heterocycles. The lowest BCUT2D eigenvalue weighted by Crippen LogP contribution is -2.36. The van der Waals surface area contributed by atoms with Crippen molar-refractivity contribution in [3.05, 3.63) is 36.0 Å². The van der Waals surface area contributed by atoms with Crippen LogP contribution in [0.2, 0.25) is 0 Å². The molecule has 2 N–H and O–H groups in total. The van der Waals surface area contributed by atoms with E-state index >= 15 is 0 Å². The molecule has 2 aromatic rings. The molecule has 0 radical (unpaired) electrons. The van der Waals surface area contributed by atoms with Crippen LogP contribution in [0.3, 0.4) is 0 Å². The van der Waals surface area contributed by atoms with E-state index in [0.29, 0.717) is 6.54 Å². The average molecular weight is 303 g/mol. The fourth-order valence-electron chi connectivity index (χ4n) is 2.30. The van der Waals surface area contributed by atoms with Crippen molar-refractivity contribution in [1.82, 2.24) is 15.2 Å². The summed E-state index contributed by atoms with van der Waals surface area (Å²) in [7, 11) is 2.04. The first-order valence-corrected chi connectivity index (χ1v) is 7.55. The third-order valence-electron chi connectivity index (χ3n) is 3.28. The number of likely N-dealkylation sites (N-methyl/N-ethyl adjacent to an activating group) is 1. The second-order valence-corrected chi connectivity index (χ2v) is 6.53. The molecule has 0 saturated heterocycles. The highest BCUT2D eigenvalue weighted by atomic mass is 16.6. The number of benzene rings is 1. The highest BCUT2D eigenvalue weighted by molar-refractivity contribution is 5.82. The van der Waals surface area contributed by atoms with E-state index in [1.807, 2.05) is 46.1 Å². The number of aromatic nitrogens is 1. The van der Waals surface area contributed by atoms with Crippen LogP contribution >= 0.6 is 0 Å². The summed E-state index contributed by atoms with van der Waals surface area (Å²) in [6, 6.07) is 8.26.